The number of nitrogens with two attached hydrogens (primary N) is 1. The smallest absolute Gasteiger partial charge is 0.249 e. The molecule has 3 atom stereocenters. The van der Waals surface area contributed by atoms with Crippen molar-refractivity contribution in [2.45, 2.75) is 31.7 Å². The molecule has 1 aromatic heterocycles. The highest BCUT2D eigenvalue weighted by atomic mass is 35.5. The molecular formula is C15H24ClN5O2. The molecule has 128 valence electrons. The molecule has 1 aromatic rings. The number of hydrogen-bond donors (Lipinski definition) is 2. The molecule has 1 saturated carbocycles. The zero-order valence-electron chi connectivity index (χ0n) is 13.3. The minimum atomic E-state index is -0.424. The molecule has 0 spiro atoms. The molecule has 0 bridgehead atoms. The van der Waals surface area contributed by atoms with Gasteiger partial charge in [0.15, 0.2) is 0 Å². The third-order valence-electron chi connectivity index (χ3n) is 4.82. The second-order valence-electron chi connectivity index (χ2n) is 6.25. The van der Waals surface area contributed by atoms with Gasteiger partial charge in [0.05, 0.1) is 11.9 Å². The maximum Gasteiger partial charge on any atom is 0.249 e. The predicted molar refractivity (Wildman–Crippen MR) is 89.2 cm³/mol. The third kappa shape index (κ3) is 3.50. The molecule has 1 unspecified atom stereocenters. The average Bonchev–Trinajstić information content (AvgIpc) is 3.20. The first-order chi connectivity index (χ1) is 10.6. The Kier molecular flexibility index (Phi) is 5.64. The lowest BCUT2D eigenvalue weighted by Gasteiger charge is -2.20. The Labute approximate surface area is 142 Å². The molecule has 2 heterocycles. The van der Waals surface area contributed by atoms with Crippen LogP contribution in [0.5, 0.6) is 0 Å². The summed E-state index contributed by atoms with van der Waals surface area (Å²) in [6, 6.07) is -0.424. The Morgan fingerprint density at radius 3 is 2.87 bits per heavy atom. The molecule has 3 rings (SSSR count). The van der Waals surface area contributed by atoms with Gasteiger partial charge in [-0.25, -0.2) is 0 Å². The molecule has 2 fully saturated rings. The lowest BCUT2D eigenvalue weighted by molar-refractivity contribution is -0.129. The summed E-state index contributed by atoms with van der Waals surface area (Å²) in [4.78, 5) is 26.6. The Bertz CT molecular complexity index is 576. The van der Waals surface area contributed by atoms with Crippen molar-refractivity contribution in [3.8, 4) is 0 Å². The summed E-state index contributed by atoms with van der Waals surface area (Å²) < 4.78 is 1.67. The SMILES string of the molecule is Cl.Cn1cc(N2CCC(NC(=O)[C@@H]3CCC[C@@H]3CN)C2=O)cn1. The number of anilines is 1. The van der Waals surface area contributed by atoms with Gasteiger partial charge >= 0.3 is 0 Å². The fourth-order valence-corrected chi connectivity index (χ4v) is 3.56. The van der Waals surface area contributed by atoms with Gasteiger partial charge in [-0.2, -0.15) is 5.10 Å². The summed E-state index contributed by atoms with van der Waals surface area (Å²) in [5.41, 5.74) is 6.52. The summed E-state index contributed by atoms with van der Waals surface area (Å²) in [6.45, 7) is 1.15. The highest BCUT2D eigenvalue weighted by Crippen LogP contribution is 2.31. The van der Waals surface area contributed by atoms with E-state index >= 15 is 0 Å². The van der Waals surface area contributed by atoms with E-state index in [9.17, 15) is 9.59 Å². The van der Waals surface area contributed by atoms with Gasteiger partial charge in [0.1, 0.15) is 6.04 Å². The maximum absolute atomic E-state index is 12.5. The van der Waals surface area contributed by atoms with Crippen LogP contribution in [0.3, 0.4) is 0 Å². The fourth-order valence-electron chi connectivity index (χ4n) is 3.56. The second kappa shape index (κ2) is 7.31. The first kappa shape index (κ1) is 17.7. The Morgan fingerprint density at radius 1 is 1.43 bits per heavy atom. The van der Waals surface area contributed by atoms with E-state index in [4.69, 9.17) is 5.73 Å². The van der Waals surface area contributed by atoms with Gasteiger partial charge in [-0.1, -0.05) is 6.42 Å². The van der Waals surface area contributed by atoms with Crippen molar-refractivity contribution < 1.29 is 9.59 Å². The van der Waals surface area contributed by atoms with Crippen LogP contribution < -0.4 is 16.0 Å². The van der Waals surface area contributed by atoms with Gasteiger partial charge in [-0.15, -0.1) is 12.4 Å². The summed E-state index contributed by atoms with van der Waals surface area (Å²) >= 11 is 0. The van der Waals surface area contributed by atoms with Crippen LogP contribution in [0.15, 0.2) is 12.4 Å². The number of rotatable bonds is 4. The normalized spacial score (nSPS) is 27.1. The van der Waals surface area contributed by atoms with Gasteiger partial charge < -0.3 is 16.0 Å². The number of halogens is 1. The van der Waals surface area contributed by atoms with Crippen molar-refractivity contribution in [3.63, 3.8) is 0 Å². The minimum absolute atomic E-state index is 0. The van der Waals surface area contributed by atoms with Crippen LogP contribution in [-0.4, -0.2) is 40.7 Å². The molecule has 2 amide bonds. The lowest BCUT2D eigenvalue weighted by Crippen LogP contribution is -2.45. The number of hydrogen-bond acceptors (Lipinski definition) is 4. The number of aromatic nitrogens is 2. The van der Waals surface area contributed by atoms with Crippen molar-refractivity contribution >= 4 is 29.9 Å². The van der Waals surface area contributed by atoms with Crippen molar-refractivity contribution in [1.82, 2.24) is 15.1 Å². The van der Waals surface area contributed by atoms with Crippen molar-refractivity contribution in [2.75, 3.05) is 18.0 Å². The van der Waals surface area contributed by atoms with E-state index < -0.39 is 6.04 Å². The molecule has 23 heavy (non-hydrogen) atoms. The minimum Gasteiger partial charge on any atom is -0.344 e. The Morgan fingerprint density at radius 2 is 2.22 bits per heavy atom. The van der Waals surface area contributed by atoms with E-state index in [-0.39, 0.29) is 36.1 Å². The maximum atomic E-state index is 12.5. The highest BCUT2D eigenvalue weighted by molar-refractivity contribution is 6.01. The van der Waals surface area contributed by atoms with E-state index in [1.165, 1.54) is 0 Å². The van der Waals surface area contributed by atoms with Crippen LogP contribution in [0.4, 0.5) is 5.69 Å². The molecule has 0 radical (unpaired) electrons. The van der Waals surface area contributed by atoms with Crippen molar-refractivity contribution in [1.29, 1.82) is 0 Å². The molecule has 2 aliphatic rings. The number of nitrogens with one attached hydrogen (secondary N) is 1. The largest absolute Gasteiger partial charge is 0.344 e. The molecule has 8 heteroatoms. The third-order valence-corrected chi connectivity index (χ3v) is 4.82. The summed E-state index contributed by atoms with van der Waals surface area (Å²) in [5, 5.41) is 7.02. The van der Waals surface area contributed by atoms with E-state index in [1.54, 1.807) is 15.8 Å². The topological polar surface area (TPSA) is 93.2 Å². The monoisotopic (exact) mass is 341 g/mol. The van der Waals surface area contributed by atoms with Gasteiger partial charge in [-0.05, 0) is 31.7 Å². The van der Waals surface area contributed by atoms with Gasteiger partial charge in [-0.3, -0.25) is 14.3 Å². The molecule has 3 N–H and O–H groups in total. The van der Waals surface area contributed by atoms with E-state index in [0.717, 1.165) is 24.9 Å². The predicted octanol–water partition coefficient (Wildman–Crippen LogP) is 0.438. The lowest BCUT2D eigenvalue weighted by atomic mass is 9.95. The van der Waals surface area contributed by atoms with Crippen LogP contribution >= 0.6 is 12.4 Å². The summed E-state index contributed by atoms with van der Waals surface area (Å²) in [7, 11) is 1.82. The van der Waals surface area contributed by atoms with Crippen molar-refractivity contribution in [3.05, 3.63) is 12.4 Å². The van der Waals surface area contributed by atoms with Gasteiger partial charge in [0.2, 0.25) is 11.8 Å². The van der Waals surface area contributed by atoms with Crippen LogP contribution in [0.2, 0.25) is 0 Å². The molecule has 7 nitrogen and oxygen atoms in total. The van der Waals surface area contributed by atoms with E-state index in [1.807, 2.05) is 13.2 Å². The Balaban J connectivity index is 0.00000192. The zero-order valence-corrected chi connectivity index (χ0v) is 14.1. The number of carbonyl (C=O) groups is 2. The van der Waals surface area contributed by atoms with Gasteiger partial charge in [0, 0.05) is 25.7 Å². The Hall–Kier alpha value is -1.60. The quantitative estimate of drug-likeness (QED) is 0.831. The van der Waals surface area contributed by atoms with Crippen LogP contribution in [0.1, 0.15) is 25.7 Å². The van der Waals surface area contributed by atoms with Gasteiger partial charge in [0.25, 0.3) is 0 Å². The molecule has 1 aliphatic heterocycles. The molecule has 1 aliphatic carbocycles. The highest BCUT2D eigenvalue weighted by Gasteiger charge is 2.38. The second-order valence-corrected chi connectivity index (χ2v) is 6.25. The number of amides is 2. The molecular weight excluding hydrogens is 318 g/mol. The number of aryl methyl sites for hydroxylation is 1. The van der Waals surface area contributed by atoms with Crippen LogP contribution in [0, 0.1) is 11.8 Å². The number of nitrogens with zero attached hydrogens (tertiary/aromatic N) is 3. The fraction of sp³-hybridized carbons (Fsp3) is 0.667. The zero-order chi connectivity index (χ0) is 15.7. The molecule has 0 aromatic carbocycles. The van der Waals surface area contributed by atoms with E-state index in [0.29, 0.717) is 19.5 Å². The molecule has 1 saturated heterocycles. The summed E-state index contributed by atoms with van der Waals surface area (Å²) in [5.74, 6) is 0.152. The first-order valence-corrected chi connectivity index (χ1v) is 7.90. The van der Waals surface area contributed by atoms with Crippen molar-refractivity contribution in [2.24, 2.45) is 24.6 Å². The van der Waals surface area contributed by atoms with Crippen LogP contribution in [-0.2, 0) is 16.6 Å². The number of carbonyl (C=O) groups excluding carboxylic acids is 2. The average molecular weight is 342 g/mol. The van der Waals surface area contributed by atoms with Crippen LogP contribution in [0.25, 0.3) is 0 Å². The summed E-state index contributed by atoms with van der Waals surface area (Å²) in [6.07, 6.45) is 7.04. The van der Waals surface area contributed by atoms with E-state index in [2.05, 4.69) is 10.4 Å². The standard InChI is InChI=1S/C15H23N5O2.ClH/c1-19-9-11(8-17-19)20-6-5-13(15(20)22)18-14(21)12-4-2-3-10(12)7-16;/h8-10,12-13H,2-7,16H2,1H3,(H,18,21);1H/t10-,12-,13?;/m1./s1. The first-order valence-electron chi connectivity index (χ1n) is 7.90.